The molecule has 5 heteroatoms. The van der Waals surface area contributed by atoms with Crippen LogP contribution in [-0.2, 0) is 6.42 Å². The number of H-pyrrole nitrogens is 1. The summed E-state index contributed by atoms with van der Waals surface area (Å²) in [6, 6.07) is 5.91. The lowest BCUT2D eigenvalue weighted by atomic mass is 10.1. The molecule has 2 rings (SSSR count). The first kappa shape index (κ1) is 12.4. The molecule has 2 aromatic rings. The number of fused-ring (bicyclic) bond motifs is 1. The highest BCUT2D eigenvalue weighted by atomic mass is 16.2. The monoisotopic (exact) mass is 246 g/mol. The summed E-state index contributed by atoms with van der Waals surface area (Å²) in [7, 11) is 1.74. The van der Waals surface area contributed by atoms with E-state index in [1.54, 1.807) is 11.9 Å². The Morgan fingerprint density at radius 1 is 1.44 bits per heavy atom. The molecule has 0 aliphatic carbocycles. The minimum absolute atomic E-state index is 0.160. The van der Waals surface area contributed by atoms with Gasteiger partial charge in [-0.25, -0.2) is 9.78 Å². The van der Waals surface area contributed by atoms with Crippen molar-refractivity contribution in [2.75, 3.05) is 18.9 Å². The van der Waals surface area contributed by atoms with Gasteiger partial charge in [0.15, 0.2) is 0 Å². The first-order valence-electron chi connectivity index (χ1n) is 6.14. The van der Waals surface area contributed by atoms with Gasteiger partial charge in [0.1, 0.15) is 0 Å². The maximum Gasteiger partial charge on any atom is 0.323 e. The minimum Gasteiger partial charge on any atom is -0.328 e. The third-order valence-corrected chi connectivity index (χ3v) is 3.00. The predicted molar refractivity (Wildman–Crippen MR) is 72.8 cm³/mol. The van der Waals surface area contributed by atoms with Crippen LogP contribution in [0.2, 0.25) is 0 Å². The van der Waals surface area contributed by atoms with E-state index < -0.39 is 0 Å². The van der Waals surface area contributed by atoms with Crippen molar-refractivity contribution in [2.45, 2.75) is 20.3 Å². The molecule has 0 radical (unpaired) electrons. The van der Waals surface area contributed by atoms with E-state index in [0.29, 0.717) is 12.5 Å². The highest BCUT2D eigenvalue weighted by molar-refractivity contribution is 5.89. The van der Waals surface area contributed by atoms with E-state index in [1.807, 2.05) is 19.1 Å². The number of carbonyl (C=O) groups excluding carboxylic acids is 1. The van der Waals surface area contributed by atoms with Crippen molar-refractivity contribution in [2.24, 2.45) is 0 Å². The SMILES string of the molecule is CCc1ccc2nc(NC(=O)N(C)CC)[nH]c2c1. The molecule has 0 spiro atoms. The molecule has 1 aromatic carbocycles. The highest BCUT2D eigenvalue weighted by Crippen LogP contribution is 2.16. The Kier molecular flexibility index (Phi) is 3.50. The van der Waals surface area contributed by atoms with Crippen molar-refractivity contribution in [3.63, 3.8) is 0 Å². The summed E-state index contributed by atoms with van der Waals surface area (Å²) in [5.74, 6) is 0.489. The minimum atomic E-state index is -0.160. The molecule has 1 aromatic heterocycles. The first-order valence-corrected chi connectivity index (χ1v) is 6.14. The maximum atomic E-state index is 11.7. The second-order valence-corrected chi connectivity index (χ2v) is 4.23. The maximum absolute atomic E-state index is 11.7. The average molecular weight is 246 g/mol. The van der Waals surface area contributed by atoms with Crippen molar-refractivity contribution < 1.29 is 4.79 Å². The summed E-state index contributed by atoms with van der Waals surface area (Å²) in [6.45, 7) is 4.69. The fourth-order valence-corrected chi connectivity index (χ4v) is 1.68. The number of imidazole rings is 1. The molecule has 0 aliphatic rings. The second-order valence-electron chi connectivity index (χ2n) is 4.23. The lowest BCUT2D eigenvalue weighted by Gasteiger charge is -2.13. The van der Waals surface area contributed by atoms with Crippen LogP contribution in [0, 0.1) is 0 Å². The van der Waals surface area contributed by atoms with Crippen LogP contribution in [0.25, 0.3) is 11.0 Å². The van der Waals surface area contributed by atoms with E-state index in [0.717, 1.165) is 17.5 Å². The smallest absolute Gasteiger partial charge is 0.323 e. The number of benzene rings is 1. The summed E-state index contributed by atoms with van der Waals surface area (Å²) >= 11 is 0. The Morgan fingerprint density at radius 3 is 2.89 bits per heavy atom. The van der Waals surface area contributed by atoms with E-state index in [4.69, 9.17) is 0 Å². The number of nitrogens with one attached hydrogen (secondary N) is 2. The number of hydrogen-bond donors (Lipinski definition) is 2. The number of anilines is 1. The van der Waals surface area contributed by atoms with Gasteiger partial charge >= 0.3 is 6.03 Å². The zero-order valence-corrected chi connectivity index (χ0v) is 10.9. The molecule has 0 saturated heterocycles. The molecule has 2 N–H and O–H groups in total. The van der Waals surface area contributed by atoms with Gasteiger partial charge < -0.3 is 9.88 Å². The largest absolute Gasteiger partial charge is 0.328 e. The number of rotatable bonds is 3. The number of hydrogen-bond acceptors (Lipinski definition) is 2. The fraction of sp³-hybridized carbons (Fsp3) is 0.385. The van der Waals surface area contributed by atoms with Gasteiger partial charge in [0.2, 0.25) is 5.95 Å². The first-order chi connectivity index (χ1) is 8.63. The number of carbonyl (C=O) groups is 1. The van der Waals surface area contributed by atoms with E-state index in [-0.39, 0.29) is 6.03 Å². The Labute approximate surface area is 106 Å². The van der Waals surface area contributed by atoms with Gasteiger partial charge in [-0.2, -0.15) is 0 Å². The van der Waals surface area contributed by atoms with Crippen LogP contribution in [0.5, 0.6) is 0 Å². The normalized spacial score (nSPS) is 10.6. The number of aromatic nitrogens is 2. The van der Waals surface area contributed by atoms with E-state index in [1.165, 1.54) is 5.56 Å². The van der Waals surface area contributed by atoms with E-state index >= 15 is 0 Å². The quantitative estimate of drug-likeness (QED) is 0.874. The number of urea groups is 1. The Bertz CT molecular complexity index is 561. The van der Waals surface area contributed by atoms with E-state index in [9.17, 15) is 4.79 Å². The topological polar surface area (TPSA) is 61.0 Å². The summed E-state index contributed by atoms with van der Waals surface area (Å²) < 4.78 is 0. The predicted octanol–water partition coefficient (Wildman–Crippen LogP) is 2.61. The van der Waals surface area contributed by atoms with Crippen LogP contribution in [0.15, 0.2) is 18.2 Å². The Hall–Kier alpha value is -2.04. The molecular formula is C13H18N4O. The lowest BCUT2D eigenvalue weighted by molar-refractivity contribution is 0.224. The van der Waals surface area contributed by atoms with Crippen LogP contribution in [0.3, 0.4) is 0 Å². The Balaban J connectivity index is 2.22. The third-order valence-electron chi connectivity index (χ3n) is 3.00. The second kappa shape index (κ2) is 5.08. The van der Waals surface area contributed by atoms with Crippen LogP contribution in [0.1, 0.15) is 19.4 Å². The molecule has 0 unspecified atom stereocenters. The van der Waals surface area contributed by atoms with Crippen LogP contribution in [0.4, 0.5) is 10.7 Å². The van der Waals surface area contributed by atoms with Crippen molar-refractivity contribution in [1.82, 2.24) is 14.9 Å². The molecular weight excluding hydrogens is 228 g/mol. The highest BCUT2D eigenvalue weighted by Gasteiger charge is 2.09. The van der Waals surface area contributed by atoms with Gasteiger partial charge in [0.05, 0.1) is 11.0 Å². The Morgan fingerprint density at radius 2 is 2.22 bits per heavy atom. The zero-order valence-electron chi connectivity index (χ0n) is 10.9. The molecule has 0 aliphatic heterocycles. The van der Waals surface area contributed by atoms with Crippen LogP contribution < -0.4 is 5.32 Å². The van der Waals surface area contributed by atoms with E-state index in [2.05, 4.69) is 28.3 Å². The molecule has 18 heavy (non-hydrogen) atoms. The fourth-order valence-electron chi connectivity index (χ4n) is 1.68. The van der Waals surface area contributed by atoms with Crippen LogP contribution >= 0.6 is 0 Å². The molecule has 0 bridgehead atoms. The number of aromatic amines is 1. The van der Waals surface area contributed by atoms with Gasteiger partial charge in [-0.3, -0.25) is 5.32 Å². The van der Waals surface area contributed by atoms with Crippen LogP contribution in [-0.4, -0.2) is 34.5 Å². The summed E-state index contributed by atoms with van der Waals surface area (Å²) in [5.41, 5.74) is 3.06. The molecule has 1 heterocycles. The van der Waals surface area contributed by atoms with Gasteiger partial charge in [-0.1, -0.05) is 13.0 Å². The van der Waals surface area contributed by atoms with Crippen molar-refractivity contribution in [3.05, 3.63) is 23.8 Å². The van der Waals surface area contributed by atoms with Gasteiger partial charge in [0.25, 0.3) is 0 Å². The molecule has 2 amide bonds. The lowest BCUT2D eigenvalue weighted by Crippen LogP contribution is -2.31. The zero-order chi connectivity index (χ0) is 13.1. The summed E-state index contributed by atoms with van der Waals surface area (Å²) in [6.07, 6.45) is 0.981. The summed E-state index contributed by atoms with van der Waals surface area (Å²) in [5, 5.41) is 2.74. The molecule has 5 nitrogen and oxygen atoms in total. The molecule has 0 fully saturated rings. The molecule has 0 saturated carbocycles. The van der Waals surface area contributed by atoms with Crippen molar-refractivity contribution in [1.29, 1.82) is 0 Å². The summed E-state index contributed by atoms with van der Waals surface area (Å²) in [4.78, 5) is 20.7. The average Bonchev–Trinajstić information content (AvgIpc) is 2.78. The number of amides is 2. The van der Waals surface area contributed by atoms with Gasteiger partial charge in [-0.15, -0.1) is 0 Å². The van der Waals surface area contributed by atoms with Crippen molar-refractivity contribution >= 4 is 23.0 Å². The molecule has 0 atom stereocenters. The number of aryl methyl sites for hydroxylation is 1. The third kappa shape index (κ3) is 2.45. The van der Waals surface area contributed by atoms with Gasteiger partial charge in [-0.05, 0) is 31.0 Å². The number of nitrogens with zero attached hydrogens (tertiary/aromatic N) is 2. The van der Waals surface area contributed by atoms with Gasteiger partial charge in [0, 0.05) is 13.6 Å². The van der Waals surface area contributed by atoms with Crippen molar-refractivity contribution in [3.8, 4) is 0 Å². The molecule has 96 valence electrons. The standard InChI is InChI=1S/C13H18N4O/c1-4-9-6-7-10-11(8-9)15-12(14-10)16-13(18)17(3)5-2/h6-8H,4-5H2,1-3H3,(H2,14,15,16,18).